The smallest absolute Gasteiger partial charge is 0.236 e. The topological polar surface area (TPSA) is 61.4 Å². The Morgan fingerprint density at radius 1 is 1.08 bits per heavy atom. The zero-order valence-electron chi connectivity index (χ0n) is 15.1. The second-order valence-corrected chi connectivity index (χ2v) is 7.43. The van der Waals surface area contributed by atoms with Crippen LogP contribution in [0.15, 0.2) is 24.3 Å². The third kappa shape index (κ3) is 5.56. The Kier molecular flexibility index (Phi) is 6.08. The van der Waals surface area contributed by atoms with E-state index in [2.05, 4.69) is 29.7 Å². The molecule has 1 aromatic rings. The van der Waals surface area contributed by atoms with Crippen LogP contribution in [0.1, 0.15) is 36.8 Å². The highest BCUT2D eigenvalue weighted by Crippen LogP contribution is 2.27. The standard InChI is InChI=1S/C20H29N3O2/c1-15-2-4-17(5-3-15)13-22-20(25)18-8-10-23(11-9-18)19(24)14-21-12-16-6-7-16/h2-5,16,18,21H,6-14H2,1H3,(H,22,25). The van der Waals surface area contributed by atoms with Crippen molar-refractivity contribution in [2.45, 2.75) is 39.2 Å². The van der Waals surface area contributed by atoms with Crippen molar-refractivity contribution >= 4 is 11.8 Å². The van der Waals surface area contributed by atoms with Gasteiger partial charge in [0.2, 0.25) is 11.8 Å². The van der Waals surface area contributed by atoms with Gasteiger partial charge in [0.1, 0.15) is 0 Å². The molecule has 5 nitrogen and oxygen atoms in total. The normalized spacial score (nSPS) is 18.2. The van der Waals surface area contributed by atoms with Crippen LogP contribution in [-0.2, 0) is 16.1 Å². The molecule has 1 heterocycles. The van der Waals surface area contributed by atoms with Crippen LogP contribution < -0.4 is 10.6 Å². The SMILES string of the molecule is Cc1ccc(CNC(=O)C2CCN(C(=O)CNCC3CC3)CC2)cc1. The Morgan fingerprint density at radius 2 is 1.76 bits per heavy atom. The molecule has 2 amide bonds. The number of amides is 2. The van der Waals surface area contributed by atoms with Gasteiger partial charge in [0, 0.05) is 25.6 Å². The molecule has 1 aliphatic carbocycles. The minimum Gasteiger partial charge on any atom is -0.352 e. The van der Waals surface area contributed by atoms with Crippen LogP contribution in [0.2, 0.25) is 0 Å². The summed E-state index contributed by atoms with van der Waals surface area (Å²) in [5.41, 5.74) is 2.34. The van der Waals surface area contributed by atoms with Gasteiger partial charge in [-0.2, -0.15) is 0 Å². The van der Waals surface area contributed by atoms with Gasteiger partial charge >= 0.3 is 0 Å². The maximum absolute atomic E-state index is 12.3. The molecular weight excluding hydrogens is 314 g/mol. The third-order valence-corrected chi connectivity index (χ3v) is 5.21. The van der Waals surface area contributed by atoms with Crippen molar-refractivity contribution in [1.29, 1.82) is 0 Å². The highest BCUT2D eigenvalue weighted by molar-refractivity contribution is 5.80. The second-order valence-electron chi connectivity index (χ2n) is 7.43. The fraction of sp³-hybridized carbons (Fsp3) is 0.600. The number of hydrogen-bond acceptors (Lipinski definition) is 3. The number of hydrogen-bond donors (Lipinski definition) is 2. The van der Waals surface area contributed by atoms with Crippen LogP contribution in [0.3, 0.4) is 0 Å². The molecule has 1 saturated heterocycles. The molecule has 3 rings (SSSR count). The lowest BCUT2D eigenvalue weighted by atomic mass is 9.95. The van der Waals surface area contributed by atoms with E-state index in [-0.39, 0.29) is 17.7 Å². The molecule has 0 atom stereocenters. The van der Waals surface area contributed by atoms with Gasteiger partial charge in [-0.25, -0.2) is 0 Å². The maximum atomic E-state index is 12.3. The van der Waals surface area contributed by atoms with Crippen molar-refractivity contribution < 1.29 is 9.59 Å². The van der Waals surface area contributed by atoms with Crippen molar-refractivity contribution in [1.82, 2.24) is 15.5 Å². The van der Waals surface area contributed by atoms with Crippen LogP contribution in [0.4, 0.5) is 0 Å². The predicted octanol–water partition coefficient (Wildman–Crippen LogP) is 1.85. The molecule has 136 valence electrons. The van der Waals surface area contributed by atoms with Crippen molar-refractivity contribution in [3.8, 4) is 0 Å². The molecule has 0 spiro atoms. The van der Waals surface area contributed by atoms with Crippen molar-refractivity contribution in [2.24, 2.45) is 11.8 Å². The molecule has 1 aliphatic heterocycles. The van der Waals surface area contributed by atoms with E-state index in [0.29, 0.717) is 26.2 Å². The van der Waals surface area contributed by atoms with Crippen molar-refractivity contribution in [3.63, 3.8) is 0 Å². The quantitative estimate of drug-likeness (QED) is 0.794. The lowest BCUT2D eigenvalue weighted by Crippen LogP contribution is -2.45. The highest BCUT2D eigenvalue weighted by atomic mass is 16.2. The molecule has 25 heavy (non-hydrogen) atoms. The molecule has 2 fully saturated rings. The summed E-state index contributed by atoms with van der Waals surface area (Å²) < 4.78 is 0. The number of nitrogens with one attached hydrogen (secondary N) is 2. The lowest BCUT2D eigenvalue weighted by molar-refractivity contribution is -0.135. The summed E-state index contributed by atoms with van der Waals surface area (Å²) in [5.74, 6) is 1.09. The van der Waals surface area contributed by atoms with E-state index in [1.807, 2.05) is 17.0 Å². The van der Waals surface area contributed by atoms with Gasteiger partial charge in [-0.3, -0.25) is 9.59 Å². The van der Waals surface area contributed by atoms with E-state index in [4.69, 9.17) is 0 Å². The van der Waals surface area contributed by atoms with Crippen LogP contribution >= 0.6 is 0 Å². The first-order valence-electron chi connectivity index (χ1n) is 9.43. The molecule has 0 unspecified atom stereocenters. The Hall–Kier alpha value is -1.88. The number of piperidine rings is 1. The number of nitrogens with zero attached hydrogens (tertiary/aromatic N) is 1. The first kappa shape index (κ1) is 17.9. The van der Waals surface area contributed by atoms with E-state index < -0.39 is 0 Å². The van der Waals surface area contributed by atoms with E-state index in [1.54, 1.807) is 0 Å². The maximum Gasteiger partial charge on any atom is 0.236 e. The Morgan fingerprint density at radius 3 is 2.40 bits per heavy atom. The Balaban J connectivity index is 1.35. The highest BCUT2D eigenvalue weighted by Gasteiger charge is 2.27. The summed E-state index contributed by atoms with van der Waals surface area (Å²) in [5, 5.41) is 6.28. The first-order valence-corrected chi connectivity index (χ1v) is 9.43. The van der Waals surface area contributed by atoms with E-state index in [9.17, 15) is 9.59 Å². The molecule has 5 heteroatoms. The number of benzene rings is 1. The molecule has 2 aliphatic rings. The minimum atomic E-state index is 0.0221. The van der Waals surface area contributed by atoms with Gasteiger partial charge in [-0.05, 0) is 50.6 Å². The second kappa shape index (κ2) is 8.48. The van der Waals surface area contributed by atoms with Gasteiger partial charge in [0.15, 0.2) is 0 Å². The van der Waals surface area contributed by atoms with Crippen molar-refractivity contribution in [3.05, 3.63) is 35.4 Å². The summed E-state index contributed by atoms with van der Waals surface area (Å²) in [6.45, 7) is 5.39. The number of carbonyl (C=O) groups is 2. The fourth-order valence-corrected chi connectivity index (χ4v) is 3.25. The summed E-state index contributed by atoms with van der Waals surface area (Å²) >= 11 is 0. The monoisotopic (exact) mass is 343 g/mol. The van der Waals surface area contributed by atoms with Gasteiger partial charge in [0.25, 0.3) is 0 Å². The molecule has 1 aromatic carbocycles. The van der Waals surface area contributed by atoms with Crippen LogP contribution in [0.5, 0.6) is 0 Å². The Bertz CT molecular complexity index is 587. The molecule has 0 radical (unpaired) electrons. The molecular formula is C20H29N3O2. The van der Waals surface area contributed by atoms with Gasteiger partial charge < -0.3 is 15.5 Å². The molecule has 0 aromatic heterocycles. The summed E-state index contributed by atoms with van der Waals surface area (Å²) in [7, 11) is 0. The van der Waals surface area contributed by atoms with E-state index >= 15 is 0 Å². The summed E-state index contributed by atoms with van der Waals surface area (Å²) in [6, 6.07) is 8.21. The third-order valence-electron chi connectivity index (χ3n) is 5.21. The first-order chi connectivity index (χ1) is 12.1. The van der Waals surface area contributed by atoms with Gasteiger partial charge in [-0.1, -0.05) is 29.8 Å². The Labute approximate surface area is 150 Å². The number of rotatable bonds is 7. The van der Waals surface area contributed by atoms with Crippen LogP contribution in [-0.4, -0.2) is 42.9 Å². The average molecular weight is 343 g/mol. The summed E-state index contributed by atoms with van der Waals surface area (Å²) in [4.78, 5) is 26.4. The summed E-state index contributed by atoms with van der Waals surface area (Å²) in [6.07, 6.45) is 4.11. The number of carbonyl (C=O) groups excluding carboxylic acids is 2. The van der Waals surface area contributed by atoms with Crippen LogP contribution in [0, 0.1) is 18.8 Å². The zero-order chi connectivity index (χ0) is 17.6. The van der Waals surface area contributed by atoms with Gasteiger partial charge in [0.05, 0.1) is 6.54 Å². The van der Waals surface area contributed by atoms with Gasteiger partial charge in [-0.15, -0.1) is 0 Å². The van der Waals surface area contributed by atoms with E-state index in [0.717, 1.165) is 30.9 Å². The van der Waals surface area contributed by atoms with E-state index in [1.165, 1.54) is 18.4 Å². The zero-order valence-corrected chi connectivity index (χ0v) is 15.1. The number of aryl methyl sites for hydroxylation is 1. The fourth-order valence-electron chi connectivity index (χ4n) is 3.25. The van der Waals surface area contributed by atoms with Crippen molar-refractivity contribution in [2.75, 3.05) is 26.2 Å². The lowest BCUT2D eigenvalue weighted by Gasteiger charge is -2.31. The predicted molar refractivity (Wildman–Crippen MR) is 97.9 cm³/mol. The molecule has 0 bridgehead atoms. The number of likely N-dealkylation sites (tertiary alicyclic amines) is 1. The average Bonchev–Trinajstić information content (AvgIpc) is 3.45. The largest absolute Gasteiger partial charge is 0.352 e. The van der Waals surface area contributed by atoms with Crippen LogP contribution in [0.25, 0.3) is 0 Å². The molecule has 1 saturated carbocycles. The minimum absolute atomic E-state index is 0.0221. The molecule has 2 N–H and O–H groups in total.